The Balaban J connectivity index is 1.56. The monoisotopic (exact) mass is 303 g/mol. The molecule has 0 aromatic carbocycles. The van der Waals surface area contributed by atoms with Crippen LogP contribution in [0.2, 0.25) is 5.15 Å². The number of pyridine rings is 2. The van der Waals surface area contributed by atoms with Crippen molar-refractivity contribution in [1.82, 2.24) is 15.3 Å². The van der Waals surface area contributed by atoms with Crippen LogP contribution in [0.1, 0.15) is 10.4 Å². The first-order chi connectivity index (χ1) is 9.83. The quantitative estimate of drug-likeness (QED) is 0.577. The van der Waals surface area contributed by atoms with Gasteiger partial charge in [0.05, 0.1) is 4.70 Å². The average molecular weight is 304 g/mol. The summed E-state index contributed by atoms with van der Waals surface area (Å²) in [5.41, 5.74) is 1.25. The van der Waals surface area contributed by atoms with Crippen LogP contribution < -0.4 is 5.32 Å². The summed E-state index contributed by atoms with van der Waals surface area (Å²) in [6.07, 6.45) is 6.44. The summed E-state index contributed by atoms with van der Waals surface area (Å²) >= 11 is 7.78. The molecule has 3 aromatic heterocycles. The first-order valence-corrected chi connectivity index (χ1v) is 7.65. The molecule has 20 heavy (non-hydrogen) atoms. The van der Waals surface area contributed by atoms with Crippen LogP contribution in [-0.2, 0) is 13.0 Å². The van der Waals surface area contributed by atoms with Gasteiger partial charge in [0.15, 0.2) is 0 Å². The van der Waals surface area contributed by atoms with E-state index >= 15 is 0 Å². The van der Waals surface area contributed by atoms with Gasteiger partial charge in [-0.3, -0.25) is 4.98 Å². The largest absolute Gasteiger partial charge is 0.312 e. The third-order valence-corrected chi connectivity index (χ3v) is 4.61. The molecule has 0 spiro atoms. The Morgan fingerprint density at radius 2 is 2.20 bits per heavy atom. The van der Waals surface area contributed by atoms with Crippen molar-refractivity contribution < 1.29 is 0 Å². The van der Waals surface area contributed by atoms with Crippen LogP contribution in [-0.4, -0.2) is 16.5 Å². The molecule has 3 heterocycles. The summed E-state index contributed by atoms with van der Waals surface area (Å²) in [6, 6.07) is 8.23. The van der Waals surface area contributed by atoms with Crippen molar-refractivity contribution >= 4 is 33.0 Å². The van der Waals surface area contributed by atoms with Gasteiger partial charge in [-0.25, -0.2) is 4.98 Å². The molecule has 0 saturated heterocycles. The molecule has 1 N–H and O–H groups in total. The Bertz CT molecular complexity index is 697. The molecular formula is C15H14ClN3S. The smallest absolute Gasteiger partial charge is 0.146 e. The van der Waals surface area contributed by atoms with E-state index in [0.29, 0.717) is 5.15 Å². The van der Waals surface area contributed by atoms with Crippen molar-refractivity contribution in [2.75, 3.05) is 6.54 Å². The van der Waals surface area contributed by atoms with E-state index in [1.807, 2.05) is 18.3 Å². The molecule has 0 bridgehead atoms. The highest BCUT2D eigenvalue weighted by molar-refractivity contribution is 7.19. The molecule has 0 aliphatic rings. The fraction of sp³-hybridized carbons (Fsp3) is 0.200. The van der Waals surface area contributed by atoms with Crippen LogP contribution >= 0.6 is 22.9 Å². The molecule has 3 aromatic rings. The highest BCUT2D eigenvalue weighted by atomic mass is 35.5. The molecule has 0 aliphatic carbocycles. The van der Waals surface area contributed by atoms with Crippen LogP contribution in [0.3, 0.4) is 0 Å². The fourth-order valence-electron chi connectivity index (χ4n) is 2.06. The number of halogens is 1. The van der Waals surface area contributed by atoms with E-state index in [1.165, 1.54) is 15.8 Å². The minimum absolute atomic E-state index is 0.592. The maximum absolute atomic E-state index is 6.08. The van der Waals surface area contributed by atoms with Crippen LogP contribution in [0, 0.1) is 0 Å². The average Bonchev–Trinajstić information content (AvgIpc) is 2.89. The predicted octanol–water partition coefficient (Wildman–Crippen LogP) is 3.68. The Morgan fingerprint density at radius 1 is 1.25 bits per heavy atom. The summed E-state index contributed by atoms with van der Waals surface area (Å²) in [5.74, 6) is 0. The number of fused-ring (bicyclic) bond motifs is 1. The number of rotatable bonds is 5. The normalized spacial score (nSPS) is 11.1. The van der Waals surface area contributed by atoms with Gasteiger partial charge in [-0.05, 0) is 42.1 Å². The molecule has 3 nitrogen and oxygen atoms in total. The van der Waals surface area contributed by atoms with E-state index in [4.69, 9.17) is 11.6 Å². The van der Waals surface area contributed by atoms with Gasteiger partial charge in [-0.1, -0.05) is 17.7 Å². The number of hydrogen-bond donors (Lipinski definition) is 1. The van der Waals surface area contributed by atoms with Gasteiger partial charge >= 0.3 is 0 Å². The summed E-state index contributed by atoms with van der Waals surface area (Å²) in [5, 5.41) is 5.21. The van der Waals surface area contributed by atoms with Gasteiger partial charge in [-0.15, -0.1) is 11.3 Å². The topological polar surface area (TPSA) is 37.8 Å². The van der Waals surface area contributed by atoms with E-state index in [9.17, 15) is 0 Å². The lowest BCUT2D eigenvalue weighted by Gasteiger charge is -2.02. The van der Waals surface area contributed by atoms with Crippen molar-refractivity contribution in [3.8, 4) is 0 Å². The van der Waals surface area contributed by atoms with Gasteiger partial charge in [0.2, 0.25) is 0 Å². The molecule has 0 fully saturated rings. The molecule has 0 aliphatic heterocycles. The van der Waals surface area contributed by atoms with Crippen molar-refractivity contribution in [1.29, 1.82) is 0 Å². The Hall–Kier alpha value is -1.49. The van der Waals surface area contributed by atoms with E-state index in [-0.39, 0.29) is 0 Å². The zero-order valence-corrected chi connectivity index (χ0v) is 12.4. The van der Waals surface area contributed by atoms with Crippen molar-refractivity contribution in [3.05, 3.63) is 58.4 Å². The lowest BCUT2D eigenvalue weighted by molar-refractivity contribution is 0.693. The second-order valence-electron chi connectivity index (χ2n) is 4.52. The summed E-state index contributed by atoms with van der Waals surface area (Å²) in [6.45, 7) is 1.79. The molecule has 0 amide bonds. The van der Waals surface area contributed by atoms with Crippen molar-refractivity contribution in [3.63, 3.8) is 0 Å². The third kappa shape index (κ3) is 3.15. The number of hydrogen-bond acceptors (Lipinski definition) is 4. The van der Waals surface area contributed by atoms with E-state index < -0.39 is 0 Å². The van der Waals surface area contributed by atoms with Gasteiger partial charge in [-0.2, -0.15) is 0 Å². The van der Waals surface area contributed by atoms with E-state index in [0.717, 1.165) is 24.2 Å². The summed E-state index contributed by atoms with van der Waals surface area (Å²) < 4.78 is 1.07. The van der Waals surface area contributed by atoms with Gasteiger partial charge in [0, 0.05) is 30.0 Å². The minimum Gasteiger partial charge on any atom is -0.312 e. The Kier molecular flexibility index (Phi) is 4.25. The highest BCUT2D eigenvalue weighted by Gasteiger charge is 2.05. The second kappa shape index (κ2) is 6.31. The Morgan fingerprint density at radius 3 is 3.00 bits per heavy atom. The lowest BCUT2D eigenvalue weighted by Crippen LogP contribution is -2.15. The van der Waals surface area contributed by atoms with E-state index in [2.05, 4.69) is 27.4 Å². The SMILES string of the molecule is Clc1nccc2cc(CNCCc3cccnc3)sc12. The number of aromatic nitrogens is 2. The maximum Gasteiger partial charge on any atom is 0.146 e. The number of thiophene rings is 1. The molecule has 5 heteroatoms. The molecule has 0 atom stereocenters. The summed E-state index contributed by atoms with van der Waals surface area (Å²) in [4.78, 5) is 9.50. The minimum atomic E-state index is 0.592. The molecule has 3 rings (SSSR count). The molecule has 0 unspecified atom stereocenters. The maximum atomic E-state index is 6.08. The standard InChI is InChI=1S/C15H14ClN3S/c16-15-14-12(4-7-19-15)8-13(20-14)10-18-6-3-11-2-1-5-17-9-11/h1-2,4-5,7-9,18H,3,6,10H2. The zero-order valence-electron chi connectivity index (χ0n) is 10.8. The zero-order chi connectivity index (χ0) is 13.8. The van der Waals surface area contributed by atoms with E-state index in [1.54, 1.807) is 23.7 Å². The molecule has 0 saturated carbocycles. The highest BCUT2D eigenvalue weighted by Crippen LogP contribution is 2.29. The molecular weight excluding hydrogens is 290 g/mol. The van der Waals surface area contributed by atoms with Crippen LogP contribution in [0.4, 0.5) is 0 Å². The predicted molar refractivity (Wildman–Crippen MR) is 84.3 cm³/mol. The molecule has 102 valence electrons. The van der Waals surface area contributed by atoms with Crippen LogP contribution in [0.15, 0.2) is 42.9 Å². The first-order valence-electron chi connectivity index (χ1n) is 6.45. The van der Waals surface area contributed by atoms with Crippen LogP contribution in [0.25, 0.3) is 10.1 Å². The second-order valence-corrected chi connectivity index (χ2v) is 6.02. The third-order valence-electron chi connectivity index (χ3n) is 3.05. The lowest BCUT2D eigenvalue weighted by atomic mass is 10.2. The van der Waals surface area contributed by atoms with Gasteiger partial charge in [0.1, 0.15) is 5.15 Å². The summed E-state index contributed by atoms with van der Waals surface area (Å²) in [7, 11) is 0. The van der Waals surface area contributed by atoms with Crippen LogP contribution in [0.5, 0.6) is 0 Å². The van der Waals surface area contributed by atoms with Crippen molar-refractivity contribution in [2.45, 2.75) is 13.0 Å². The number of nitrogens with zero attached hydrogens (tertiary/aromatic N) is 2. The van der Waals surface area contributed by atoms with Crippen molar-refractivity contribution in [2.24, 2.45) is 0 Å². The molecule has 0 radical (unpaired) electrons. The van der Waals surface area contributed by atoms with Gasteiger partial charge < -0.3 is 5.32 Å². The fourth-order valence-corrected chi connectivity index (χ4v) is 3.35. The Labute approximate surface area is 126 Å². The van der Waals surface area contributed by atoms with Gasteiger partial charge in [0.25, 0.3) is 0 Å². The first kappa shape index (κ1) is 13.5. The number of nitrogens with one attached hydrogen (secondary N) is 1.